The van der Waals surface area contributed by atoms with E-state index >= 15 is 0 Å². The third kappa shape index (κ3) is 4.00. The maximum atomic E-state index is 12.0. The highest BCUT2D eigenvalue weighted by atomic mass is 35.5. The fourth-order valence-electron chi connectivity index (χ4n) is 1.92. The molecule has 0 unspecified atom stereocenters. The molecule has 1 N–H and O–H groups in total. The molecule has 2 rings (SSSR count). The lowest BCUT2D eigenvalue weighted by atomic mass is 10.1. The zero-order chi connectivity index (χ0) is 14.4. The molecule has 0 bridgehead atoms. The molecule has 0 aliphatic carbocycles. The minimum atomic E-state index is -0.0607. The zero-order valence-electron chi connectivity index (χ0n) is 11.2. The Morgan fingerprint density at radius 1 is 1.20 bits per heavy atom. The zero-order valence-corrected chi connectivity index (χ0v) is 12.0. The van der Waals surface area contributed by atoms with Crippen molar-refractivity contribution in [2.45, 2.75) is 13.0 Å². The molecule has 1 amide bonds. The van der Waals surface area contributed by atoms with E-state index in [-0.39, 0.29) is 12.3 Å². The van der Waals surface area contributed by atoms with Crippen molar-refractivity contribution < 1.29 is 9.53 Å². The van der Waals surface area contributed by atoms with Crippen molar-refractivity contribution in [1.82, 2.24) is 5.32 Å². The smallest absolute Gasteiger partial charge is 0.224 e. The van der Waals surface area contributed by atoms with Gasteiger partial charge in [-0.3, -0.25) is 4.79 Å². The summed E-state index contributed by atoms with van der Waals surface area (Å²) < 4.78 is 5.23. The van der Waals surface area contributed by atoms with E-state index in [0.717, 1.165) is 11.1 Å². The lowest BCUT2D eigenvalue weighted by molar-refractivity contribution is -0.120. The summed E-state index contributed by atoms with van der Waals surface area (Å²) in [6.07, 6.45) is 0.247. The molecule has 0 saturated carbocycles. The van der Waals surface area contributed by atoms with Crippen LogP contribution in [-0.2, 0) is 17.8 Å². The van der Waals surface area contributed by atoms with E-state index in [2.05, 4.69) is 5.32 Å². The number of amides is 1. The van der Waals surface area contributed by atoms with Crippen molar-refractivity contribution in [2.75, 3.05) is 7.11 Å². The molecule has 0 fully saturated rings. The molecule has 2 aromatic carbocycles. The standard InChI is InChI=1S/C16H16ClNO2/c1-20-15-8-7-14(17)9-13(15)10-16(19)18-11-12-5-3-2-4-6-12/h2-9H,10-11H2,1H3,(H,18,19). The second-order valence-corrected chi connectivity index (χ2v) is 4.83. The molecule has 3 nitrogen and oxygen atoms in total. The molecule has 20 heavy (non-hydrogen) atoms. The molecule has 0 spiro atoms. The van der Waals surface area contributed by atoms with Crippen LogP contribution in [0.2, 0.25) is 5.02 Å². The SMILES string of the molecule is COc1ccc(Cl)cc1CC(=O)NCc1ccccc1. The average Bonchev–Trinajstić information content (AvgIpc) is 2.46. The van der Waals surface area contributed by atoms with Crippen molar-refractivity contribution >= 4 is 17.5 Å². The van der Waals surface area contributed by atoms with Gasteiger partial charge in [0.2, 0.25) is 5.91 Å². The Kier molecular flexibility index (Phi) is 5.02. The molecule has 0 saturated heterocycles. The predicted molar refractivity (Wildman–Crippen MR) is 80.0 cm³/mol. The van der Waals surface area contributed by atoms with Crippen LogP contribution in [0.1, 0.15) is 11.1 Å². The van der Waals surface area contributed by atoms with Crippen molar-refractivity contribution in [3.8, 4) is 5.75 Å². The second-order valence-electron chi connectivity index (χ2n) is 4.40. The molecule has 0 aromatic heterocycles. The van der Waals surface area contributed by atoms with Crippen molar-refractivity contribution in [2.24, 2.45) is 0 Å². The minimum Gasteiger partial charge on any atom is -0.496 e. The van der Waals surface area contributed by atoms with E-state index < -0.39 is 0 Å². The third-order valence-corrected chi connectivity index (χ3v) is 3.16. The van der Waals surface area contributed by atoms with Gasteiger partial charge in [-0.05, 0) is 23.8 Å². The highest BCUT2D eigenvalue weighted by Crippen LogP contribution is 2.22. The first-order valence-electron chi connectivity index (χ1n) is 6.32. The highest BCUT2D eigenvalue weighted by Gasteiger charge is 2.09. The number of nitrogens with one attached hydrogen (secondary N) is 1. The van der Waals surface area contributed by atoms with Gasteiger partial charge < -0.3 is 10.1 Å². The monoisotopic (exact) mass is 289 g/mol. The van der Waals surface area contributed by atoms with Crippen LogP contribution in [0.15, 0.2) is 48.5 Å². The van der Waals surface area contributed by atoms with E-state index in [1.54, 1.807) is 25.3 Å². The molecule has 2 aromatic rings. The second kappa shape index (κ2) is 6.96. The fourth-order valence-corrected chi connectivity index (χ4v) is 2.11. The summed E-state index contributed by atoms with van der Waals surface area (Å²) in [4.78, 5) is 12.0. The molecule has 0 heterocycles. The molecule has 0 aliphatic heterocycles. The van der Waals surface area contributed by atoms with Crippen LogP contribution in [0.3, 0.4) is 0 Å². The van der Waals surface area contributed by atoms with Gasteiger partial charge in [0.05, 0.1) is 13.5 Å². The Labute approximate surface area is 123 Å². The summed E-state index contributed by atoms with van der Waals surface area (Å²) in [5, 5.41) is 3.47. The quantitative estimate of drug-likeness (QED) is 0.918. The summed E-state index contributed by atoms with van der Waals surface area (Å²) in [5.74, 6) is 0.610. The number of ether oxygens (including phenoxy) is 1. The number of methoxy groups -OCH3 is 1. The maximum absolute atomic E-state index is 12.0. The number of hydrogen-bond acceptors (Lipinski definition) is 2. The van der Waals surface area contributed by atoms with Crippen molar-refractivity contribution in [1.29, 1.82) is 0 Å². The van der Waals surface area contributed by atoms with Crippen LogP contribution in [0, 0.1) is 0 Å². The van der Waals surface area contributed by atoms with Gasteiger partial charge in [-0.2, -0.15) is 0 Å². The number of carbonyl (C=O) groups excluding carboxylic acids is 1. The molecule has 0 aliphatic rings. The number of rotatable bonds is 5. The van der Waals surface area contributed by atoms with Crippen LogP contribution in [0.5, 0.6) is 5.75 Å². The highest BCUT2D eigenvalue weighted by molar-refractivity contribution is 6.30. The molecular formula is C16H16ClNO2. The Bertz CT molecular complexity index is 584. The van der Waals surface area contributed by atoms with Crippen LogP contribution in [-0.4, -0.2) is 13.0 Å². The van der Waals surface area contributed by atoms with Gasteiger partial charge in [-0.1, -0.05) is 41.9 Å². The third-order valence-electron chi connectivity index (χ3n) is 2.93. The molecule has 4 heteroatoms. The van der Waals surface area contributed by atoms with E-state index in [0.29, 0.717) is 17.3 Å². The van der Waals surface area contributed by atoms with Crippen LogP contribution < -0.4 is 10.1 Å². The Balaban J connectivity index is 1.96. The van der Waals surface area contributed by atoms with Crippen molar-refractivity contribution in [3.63, 3.8) is 0 Å². The van der Waals surface area contributed by atoms with Gasteiger partial charge in [-0.15, -0.1) is 0 Å². The summed E-state index contributed by atoms with van der Waals surface area (Å²) in [6.45, 7) is 0.516. The Morgan fingerprint density at radius 3 is 2.65 bits per heavy atom. The van der Waals surface area contributed by atoms with E-state index in [1.165, 1.54) is 0 Å². The lowest BCUT2D eigenvalue weighted by Gasteiger charge is -2.09. The van der Waals surface area contributed by atoms with Gasteiger partial charge in [0.1, 0.15) is 5.75 Å². The van der Waals surface area contributed by atoms with Crippen LogP contribution in [0.4, 0.5) is 0 Å². The van der Waals surface area contributed by atoms with Crippen molar-refractivity contribution in [3.05, 3.63) is 64.7 Å². The van der Waals surface area contributed by atoms with E-state index in [4.69, 9.17) is 16.3 Å². The van der Waals surface area contributed by atoms with Gasteiger partial charge in [-0.25, -0.2) is 0 Å². The first-order chi connectivity index (χ1) is 9.69. The summed E-state index contributed by atoms with van der Waals surface area (Å²) >= 11 is 5.94. The van der Waals surface area contributed by atoms with Gasteiger partial charge in [0, 0.05) is 17.1 Å². The minimum absolute atomic E-state index is 0.0607. The van der Waals surface area contributed by atoms with Crippen LogP contribution >= 0.6 is 11.6 Å². The maximum Gasteiger partial charge on any atom is 0.224 e. The molecular weight excluding hydrogens is 274 g/mol. The van der Waals surface area contributed by atoms with Gasteiger partial charge >= 0.3 is 0 Å². The molecule has 0 atom stereocenters. The first-order valence-corrected chi connectivity index (χ1v) is 6.70. The Morgan fingerprint density at radius 2 is 1.95 bits per heavy atom. The number of halogens is 1. The molecule has 104 valence electrons. The van der Waals surface area contributed by atoms with Crippen LogP contribution in [0.25, 0.3) is 0 Å². The first kappa shape index (κ1) is 14.4. The summed E-state index contributed by atoms with van der Waals surface area (Å²) in [7, 11) is 1.58. The largest absolute Gasteiger partial charge is 0.496 e. The average molecular weight is 290 g/mol. The molecule has 0 radical (unpaired) electrons. The summed E-state index contributed by atoms with van der Waals surface area (Å²) in [6, 6.07) is 15.0. The number of hydrogen-bond donors (Lipinski definition) is 1. The fraction of sp³-hybridized carbons (Fsp3) is 0.188. The Hall–Kier alpha value is -2.00. The van der Waals surface area contributed by atoms with E-state index in [9.17, 15) is 4.79 Å². The number of carbonyl (C=O) groups is 1. The van der Waals surface area contributed by atoms with E-state index in [1.807, 2.05) is 30.3 Å². The predicted octanol–water partition coefficient (Wildman–Crippen LogP) is 3.21. The van der Waals surface area contributed by atoms with Gasteiger partial charge in [0.25, 0.3) is 0 Å². The normalized spacial score (nSPS) is 10.1. The summed E-state index contributed by atoms with van der Waals surface area (Å²) in [5.41, 5.74) is 1.85. The van der Waals surface area contributed by atoms with Gasteiger partial charge in [0.15, 0.2) is 0 Å². The number of benzene rings is 2. The lowest BCUT2D eigenvalue weighted by Crippen LogP contribution is -2.24. The topological polar surface area (TPSA) is 38.3 Å².